The van der Waals surface area contributed by atoms with Crippen LogP contribution >= 0.6 is 15.9 Å². The summed E-state index contributed by atoms with van der Waals surface area (Å²) in [6.07, 6.45) is -0.830. The summed E-state index contributed by atoms with van der Waals surface area (Å²) in [5.41, 5.74) is -0.256. The van der Waals surface area contributed by atoms with Crippen LogP contribution < -0.4 is 5.32 Å². The molecule has 1 saturated heterocycles. The SMILES string of the molecule is CC1(C)CNC(=O)[C@H]1OC(=O)c1ccc(F)c(Br)c1. The molecule has 0 bridgehead atoms. The third kappa shape index (κ3) is 2.78. The maximum absolute atomic E-state index is 13.1. The lowest BCUT2D eigenvalue weighted by atomic mass is 9.89. The van der Waals surface area contributed by atoms with Gasteiger partial charge in [0.05, 0.1) is 10.0 Å². The Morgan fingerprint density at radius 3 is 2.74 bits per heavy atom. The van der Waals surface area contributed by atoms with E-state index in [9.17, 15) is 14.0 Å². The molecule has 19 heavy (non-hydrogen) atoms. The molecule has 1 aromatic rings. The van der Waals surface area contributed by atoms with E-state index in [2.05, 4.69) is 21.2 Å². The van der Waals surface area contributed by atoms with Crippen molar-refractivity contribution < 1.29 is 18.7 Å². The van der Waals surface area contributed by atoms with Gasteiger partial charge in [-0.2, -0.15) is 0 Å². The quantitative estimate of drug-likeness (QED) is 0.847. The van der Waals surface area contributed by atoms with Gasteiger partial charge in [-0.15, -0.1) is 0 Å². The minimum absolute atomic E-state index is 0.178. The first-order chi connectivity index (χ1) is 8.81. The van der Waals surface area contributed by atoms with Crippen LogP contribution in [-0.2, 0) is 9.53 Å². The molecule has 0 aliphatic carbocycles. The zero-order chi connectivity index (χ0) is 14.2. The molecule has 6 heteroatoms. The van der Waals surface area contributed by atoms with Crippen LogP contribution in [0.25, 0.3) is 0 Å². The minimum atomic E-state index is -0.830. The molecule has 0 saturated carbocycles. The highest BCUT2D eigenvalue weighted by Gasteiger charge is 2.44. The Labute approximate surface area is 118 Å². The monoisotopic (exact) mass is 329 g/mol. The van der Waals surface area contributed by atoms with E-state index >= 15 is 0 Å². The maximum Gasteiger partial charge on any atom is 0.338 e. The average molecular weight is 330 g/mol. The molecule has 1 atom stereocenters. The summed E-state index contributed by atoms with van der Waals surface area (Å²) in [4.78, 5) is 23.6. The third-order valence-corrected chi connectivity index (χ3v) is 3.65. The van der Waals surface area contributed by atoms with Crippen molar-refractivity contribution in [3.8, 4) is 0 Å². The smallest absolute Gasteiger partial charge is 0.338 e. The van der Waals surface area contributed by atoms with Gasteiger partial charge in [0, 0.05) is 12.0 Å². The Morgan fingerprint density at radius 1 is 1.53 bits per heavy atom. The molecule has 0 spiro atoms. The second kappa shape index (κ2) is 4.92. The fraction of sp³-hybridized carbons (Fsp3) is 0.385. The van der Waals surface area contributed by atoms with Crippen molar-refractivity contribution in [2.75, 3.05) is 6.54 Å². The molecular weight excluding hydrogens is 317 g/mol. The number of amides is 1. The topological polar surface area (TPSA) is 55.4 Å². The van der Waals surface area contributed by atoms with Crippen molar-refractivity contribution in [1.29, 1.82) is 0 Å². The molecule has 1 heterocycles. The fourth-order valence-corrected chi connectivity index (χ4v) is 2.25. The van der Waals surface area contributed by atoms with Crippen LogP contribution in [0.4, 0.5) is 4.39 Å². The van der Waals surface area contributed by atoms with Gasteiger partial charge in [-0.25, -0.2) is 9.18 Å². The largest absolute Gasteiger partial charge is 0.448 e. The molecule has 1 aliphatic rings. The van der Waals surface area contributed by atoms with Gasteiger partial charge in [0.2, 0.25) is 0 Å². The number of hydrogen-bond donors (Lipinski definition) is 1. The van der Waals surface area contributed by atoms with Crippen LogP contribution in [0.1, 0.15) is 24.2 Å². The van der Waals surface area contributed by atoms with Crippen LogP contribution in [0.15, 0.2) is 22.7 Å². The first-order valence-electron chi connectivity index (χ1n) is 5.75. The van der Waals surface area contributed by atoms with Gasteiger partial charge in [-0.1, -0.05) is 13.8 Å². The van der Waals surface area contributed by atoms with Crippen molar-refractivity contribution in [3.63, 3.8) is 0 Å². The predicted molar refractivity (Wildman–Crippen MR) is 70.1 cm³/mol. The Kier molecular flexibility index (Phi) is 3.62. The summed E-state index contributed by atoms with van der Waals surface area (Å²) >= 11 is 3.00. The molecule has 0 radical (unpaired) electrons. The molecule has 1 N–H and O–H groups in total. The van der Waals surface area contributed by atoms with E-state index in [-0.39, 0.29) is 15.9 Å². The van der Waals surface area contributed by atoms with Crippen molar-refractivity contribution in [1.82, 2.24) is 5.32 Å². The summed E-state index contributed by atoms with van der Waals surface area (Å²) in [6, 6.07) is 3.82. The van der Waals surface area contributed by atoms with Gasteiger partial charge in [-0.05, 0) is 34.1 Å². The highest BCUT2D eigenvalue weighted by molar-refractivity contribution is 9.10. The predicted octanol–water partition coefficient (Wildman–Crippen LogP) is 2.27. The first kappa shape index (κ1) is 14.0. The molecule has 102 valence electrons. The van der Waals surface area contributed by atoms with E-state index in [0.29, 0.717) is 6.54 Å². The number of benzene rings is 1. The number of carbonyl (C=O) groups is 2. The van der Waals surface area contributed by atoms with E-state index in [0.717, 1.165) is 0 Å². The number of hydrogen-bond acceptors (Lipinski definition) is 3. The van der Waals surface area contributed by atoms with E-state index in [4.69, 9.17) is 4.74 Å². The standard InChI is InChI=1S/C13H13BrFNO3/c1-13(2)6-16-11(17)10(13)19-12(18)7-3-4-9(15)8(14)5-7/h3-5,10H,6H2,1-2H3,(H,16,17)/t10-/m1/s1. The number of nitrogens with one attached hydrogen (secondary N) is 1. The highest BCUT2D eigenvalue weighted by atomic mass is 79.9. The Hall–Kier alpha value is -1.43. The van der Waals surface area contributed by atoms with Crippen LogP contribution in [0.2, 0.25) is 0 Å². The summed E-state index contributed by atoms with van der Waals surface area (Å²) in [7, 11) is 0. The number of halogens is 2. The van der Waals surface area contributed by atoms with Gasteiger partial charge < -0.3 is 10.1 Å². The van der Waals surface area contributed by atoms with Crippen LogP contribution in [-0.4, -0.2) is 24.5 Å². The second-order valence-electron chi connectivity index (χ2n) is 5.12. The van der Waals surface area contributed by atoms with Gasteiger partial charge in [0.15, 0.2) is 6.10 Å². The molecule has 1 aliphatic heterocycles. The fourth-order valence-electron chi connectivity index (χ4n) is 1.87. The number of esters is 1. The lowest BCUT2D eigenvalue weighted by Gasteiger charge is -2.23. The minimum Gasteiger partial charge on any atom is -0.448 e. The summed E-state index contributed by atoms with van der Waals surface area (Å²) < 4.78 is 18.5. The Balaban J connectivity index is 2.17. The lowest BCUT2D eigenvalue weighted by Crippen LogP contribution is -2.35. The molecule has 1 fully saturated rings. The van der Waals surface area contributed by atoms with Crippen LogP contribution in [0, 0.1) is 11.2 Å². The third-order valence-electron chi connectivity index (χ3n) is 3.05. The van der Waals surface area contributed by atoms with Gasteiger partial charge in [-0.3, -0.25) is 4.79 Å². The molecular formula is C13H13BrFNO3. The number of carbonyl (C=O) groups excluding carboxylic acids is 2. The van der Waals surface area contributed by atoms with Crippen LogP contribution in [0.3, 0.4) is 0 Å². The second-order valence-corrected chi connectivity index (χ2v) is 5.97. The van der Waals surface area contributed by atoms with Crippen molar-refractivity contribution in [3.05, 3.63) is 34.1 Å². The van der Waals surface area contributed by atoms with Crippen molar-refractivity contribution >= 4 is 27.8 Å². The van der Waals surface area contributed by atoms with Gasteiger partial charge >= 0.3 is 5.97 Å². The molecule has 2 rings (SSSR count). The molecule has 1 amide bonds. The average Bonchev–Trinajstić information content (AvgIpc) is 2.59. The number of ether oxygens (including phenoxy) is 1. The highest BCUT2D eigenvalue weighted by Crippen LogP contribution is 2.28. The molecule has 0 unspecified atom stereocenters. The van der Waals surface area contributed by atoms with Crippen molar-refractivity contribution in [2.24, 2.45) is 5.41 Å². The van der Waals surface area contributed by atoms with E-state index in [1.165, 1.54) is 18.2 Å². The van der Waals surface area contributed by atoms with E-state index in [1.807, 2.05) is 13.8 Å². The number of rotatable bonds is 2. The zero-order valence-electron chi connectivity index (χ0n) is 10.5. The van der Waals surface area contributed by atoms with Gasteiger partial charge in [0.1, 0.15) is 5.82 Å². The van der Waals surface area contributed by atoms with E-state index in [1.54, 1.807) is 0 Å². The summed E-state index contributed by atoms with van der Waals surface area (Å²) in [6.45, 7) is 4.13. The normalized spacial score (nSPS) is 21.1. The first-order valence-corrected chi connectivity index (χ1v) is 6.54. The van der Waals surface area contributed by atoms with Crippen molar-refractivity contribution in [2.45, 2.75) is 20.0 Å². The summed E-state index contributed by atoms with van der Waals surface area (Å²) in [5, 5.41) is 2.65. The Morgan fingerprint density at radius 2 is 2.21 bits per heavy atom. The molecule has 0 aromatic heterocycles. The molecule has 1 aromatic carbocycles. The van der Waals surface area contributed by atoms with Gasteiger partial charge in [0.25, 0.3) is 5.91 Å². The van der Waals surface area contributed by atoms with Crippen LogP contribution in [0.5, 0.6) is 0 Å². The zero-order valence-corrected chi connectivity index (χ0v) is 12.1. The van der Waals surface area contributed by atoms with E-state index < -0.39 is 23.3 Å². The molecule has 4 nitrogen and oxygen atoms in total. The Bertz CT molecular complexity index is 545. The lowest BCUT2D eigenvalue weighted by molar-refractivity contribution is -0.129. The maximum atomic E-state index is 13.1. The summed E-state index contributed by atoms with van der Waals surface area (Å²) in [5.74, 6) is -1.41.